The van der Waals surface area contributed by atoms with Gasteiger partial charge in [-0.3, -0.25) is 9.48 Å². The van der Waals surface area contributed by atoms with Gasteiger partial charge in [0, 0.05) is 23.3 Å². The third-order valence-corrected chi connectivity index (χ3v) is 4.62. The Hall–Kier alpha value is -2.60. The topological polar surface area (TPSA) is 48.5 Å². The van der Waals surface area contributed by atoms with Gasteiger partial charge in [-0.05, 0) is 44.2 Å². The maximum Gasteiger partial charge on any atom is 0.297 e. The van der Waals surface area contributed by atoms with Crippen molar-refractivity contribution in [2.45, 2.75) is 13.8 Å². The van der Waals surface area contributed by atoms with Crippen LogP contribution in [0, 0.1) is 6.92 Å². The summed E-state index contributed by atoms with van der Waals surface area (Å²) in [5, 5.41) is 0. The molecule has 1 aromatic heterocycles. The first-order valence-corrected chi connectivity index (χ1v) is 9.12. The van der Waals surface area contributed by atoms with Gasteiger partial charge >= 0.3 is 0 Å². The summed E-state index contributed by atoms with van der Waals surface area (Å²) in [6.45, 7) is 4.38. The van der Waals surface area contributed by atoms with Crippen LogP contribution in [0.1, 0.15) is 18.2 Å². The second kappa shape index (κ2) is 7.74. The molecule has 0 aliphatic carbocycles. The van der Waals surface area contributed by atoms with E-state index < -0.39 is 0 Å². The van der Waals surface area contributed by atoms with Crippen LogP contribution < -0.4 is 10.3 Å². The van der Waals surface area contributed by atoms with Crippen molar-refractivity contribution in [1.82, 2.24) is 9.36 Å². The van der Waals surface area contributed by atoms with Gasteiger partial charge in [0.15, 0.2) is 5.69 Å². The molecule has 3 rings (SSSR count). The summed E-state index contributed by atoms with van der Waals surface area (Å²) in [4.78, 5) is 17.4. The molecule has 0 aliphatic heterocycles. The van der Waals surface area contributed by atoms with Gasteiger partial charge < -0.3 is 4.74 Å². The molecule has 3 aromatic rings. The zero-order chi connectivity index (χ0) is 18.7. The lowest BCUT2D eigenvalue weighted by molar-refractivity contribution is 0.339. The normalized spacial score (nSPS) is 11.2. The van der Waals surface area contributed by atoms with Gasteiger partial charge in [0.2, 0.25) is 0 Å². The quantitative estimate of drug-likeness (QED) is 0.582. The molecule has 2 aromatic carbocycles. The van der Waals surface area contributed by atoms with Crippen molar-refractivity contribution in [2.24, 2.45) is 12.0 Å². The molecular weight excluding hydrogens is 394 g/mol. The van der Waals surface area contributed by atoms with E-state index in [9.17, 15) is 4.79 Å². The first-order chi connectivity index (χ1) is 12.5. The first-order valence-electron chi connectivity index (χ1n) is 8.33. The number of para-hydroxylation sites is 1. The number of rotatable bonds is 5. The lowest BCUT2D eigenvalue weighted by Crippen LogP contribution is -2.19. The van der Waals surface area contributed by atoms with Crippen LogP contribution in [-0.4, -0.2) is 22.2 Å². The third kappa shape index (κ3) is 3.51. The van der Waals surface area contributed by atoms with E-state index >= 15 is 0 Å². The highest BCUT2D eigenvalue weighted by Gasteiger charge is 2.15. The molecule has 5 nitrogen and oxygen atoms in total. The lowest BCUT2D eigenvalue weighted by atomic mass is 10.2. The van der Waals surface area contributed by atoms with E-state index in [4.69, 9.17) is 4.74 Å². The standard InChI is InChI=1S/C20H20BrN3O2/c1-4-26-18-11-10-16(21)12-15(18)13-22-19-14(2)23(3)24(20(19)25)17-8-6-5-7-9-17/h5-13H,4H2,1-3H3. The van der Waals surface area contributed by atoms with Crippen molar-refractivity contribution in [1.29, 1.82) is 0 Å². The molecule has 0 fully saturated rings. The predicted octanol–water partition coefficient (Wildman–Crippen LogP) is 4.40. The van der Waals surface area contributed by atoms with Crippen LogP contribution in [0.15, 0.2) is 62.8 Å². The van der Waals surface area contributed by atoms with E-state index in [-0.39, 0.29) is 5.56 Å². The number of benzene rings is 2. The maximum atomic E-state index is 12.9. The minimum atomic E-state index is -0.152. The maximum absolute atomic E-state index is 12.9. The molecule has 0 saturated heterocycles. The van der Waals surface area contributed by atoms with Crippen molar-refractivity contribution < 1.29 is 4.74 Å². The number of aliphatic imine (C=N–C) groups is 1. The fourth-order valence-electron chi connectivity index (χ4n) is 2.74. The Bertz CT molecular complexity index is 1000. The van der Waals surface area contributed by atoms with Crippen LogP contribution >= 0.6 is 15.9 Å². The van der Waals surface area contributed by atoms with Gasteiger partial charge in [0.1, 0.15) is 5.75 Å². The molecule has 26 heavy (non-hydrogen) atoms. The fourth-order valence-corrected chi connectivity index (χ4v) is 3.12. The smallest absolute Gasteiger partial charge is 0.297 e. The van der Waals surface area contributed by atoms with E-state index in [2.05, 4.69) is 20.9 Å². The van der Waals surface area contributed by atoms with Crippen molar-refractivity contribution in [3.63, 3.8) is 0 Å². The molecule has 0 atom stereocenters. The van der Waals surface area contributed by atoms with E-state index in [0.29, 0.717) is 12.3 Å². The van der Waals surface area contributed by atoms with Gasteiger partial charge in [-0.15, -0.1) is 0 Å². The zero-order valence-electron chi connectivity index (χ0n) is 14.9. The van der Waals surface area contributed by atoms with E-state index in [1.165, 1.54) is 0 Å². The largest absolute Gasteiger partial charge is 0.493 e. The Labute approximate surface area is 160 Å². The van der Waals surface area contributed by atoms with Gasteiger partial charge in [0.25, 0.3) is 5.56 Å². The minimum absolute atomic E-state index is 0.152. The number of halogens is 1. The van der Waals surface area contributed by atoms with Gasteiger partial charge in [-0.25, -0.2) is 9.67 Å². The number of ether oxygens (including phenoxy) is 1. The fraction of sp³-hybridized carbons (Fsp3) is 0.200. The molecule has 6 heteroatoms. The van der Waals surface area contributed by atoms with Crippen molar-refractivity contribution in [3.05, 3.63) is 74.6 Å². The summed E-state index contributed by atoms with van der Waals surface area (Å²) in [7, 11) is 1.85. The number of hydrogen-bond donors (Lipinski definition) is 0. The summed E-state index contributed by atoms with van der Waals surface area (Å²) in [6, 6.07) is 15.2. The Balaban J connectivity index is 2.06. The average Bonchev–Trinajstić information content (AvgIpc) is 2.85. The summed E-state index contributed by atoms with van der Waals surface area (Å²) in [5.74, 6) is 0.733. The Morgan fingerprint density at radius 3 is 2.62 bits per heavy atom. The zero-order valence-corrected chi connectivity index (χ0v) is 16.5. The van der Waals surface area contributed by atoms with Gasteiger partial charge in [0.05, 0.1) is 18.0 Å². The van der Waals surface area contributed by atoms with Crippen LogP contribution in [0.2, 0.25) is 0 Å². The molecule has 0 aliphatic rings. The summed E-state index contributed by atoms with van der Waals surface area (Å²) < 4.78 is 10.00. The Morgan fingerprint density at radius 1 is 1.19 bits per heavy atom. The summed E-state index contributed by atoms with van der Waals surface area (Å²) in [5.41, 5.74) is 2.68. The molecule has 0 N–H and O–H groups in total. The third-order valence-electron chi connectivity index (χ3n) is 4.13. The van der Waals surface area contributed by atoms with Crippen LogP contribution in [0.4, 0.5) is 5.69 Å². The highest BCUT2D eigenvalue weighted by Crippen LogP contribution is 2.23. The number of aromatic nitrogens is 2. The van der Waals surface area contributed by atoms with Crippen molar-refractivity contribution in [3.8, 4) is 11.4 Å². The SMILES string of the molecule is CCOc1ccc(Br)cc1C=Nc1c(C)n(C)n(-c2ccccc2)c1=O. The first kappa shape index (κ1) is 18.2. The van der Waals surface area contributed by atoms with E-state index in [1.807, 2.05) is 74.1 Å². The van der Waals surface area contributed by atoms with Crippen LogP contribution in [0.5, 0.6) is 5.75 Å². The van der Waals surface area contributed by atoms with E-state index in [0.717, 1.165) is 27.2 Å². The van der Waals surface area contributed by atoms with Crippen LogP contribution in [0.25, 0.3) is 5.69 Å². The van der Waals surface area contributed by atoms with E-state index in [1.54, 1.807) is 10.9 Å². The number of hydrogen-bond acceptors (Lipinski definition) is 3. The van der Waals surface area contributed by atoms with Crippen LogP contribution in [-0.2, 0) is 7.05 Å². The van der Waals surface area contributed by atoms with Gasteiger partial charge in [-0.2, -0.15) is 0 Å². The molecule has 0 radical (unpaired) electrons. The average molecular weight is 414 g/mol. The summed E-state index contributed by atoms with van der Waals surface area (Å²) >= 11 is 3.46. The molecule has 134 valence electrons. The molecule has 1 heterocycles. The monoisotopic (exact) mass is 413 g/mol. The predicted molar refractivity (Wildman–Crippen MR) is 108 cm³/mol. The van der Waals surface area contributed by atoms with Gasteiger partial charge in [-0.1, -0.05) is 34.1 Å². The van der Waals surface area contributed by atoms with Crippen molar-refractivity contribution in [2.75, 3.05) is 6.61 Å². The van der Waals surface area contributed by atoms with Crippen LogP contribution in [0.3, 0.4) is 0 Å². The Kier molecular flexibility index (Phi) is 5.42. The summed E-state index contributed by atoms with van der Waals surface area (Å²) in [6.07, 6.45) is 1.68. The molecular formula is C20H20BrN3O2. The number of nitrogens with zero attached hydrogens (tertiary/aromatic N) is 3. The second-order valence-corrected chi connectivity index (χ2v) is 6.70. The molecule has 0 bridgehead atoms. The second-order valence-electron chi connectivity index (χ2n) is 5.78. The molecule has 0 amide bonds. The van der Waals surface area contributed by atoms with Crippen molar-refractivity contribution >= 4 is 27.8 Å². The Morgan fingerprint density at radius 2 is 1.92 bits per heavy atom. The molecule has 0 unspecified atom stereocenters. The highest BCUT2D eigenvalue weighted by atomic mass is 79.9. The molecule has 0 saturated carbocycles. The lowest BCUT2D eigenvalue weighted by Gasteiger charge is -2.07. The molecule has 0 spiro atoms. The minimum Gasteiger partial charge on any atom is -0.493 e. The highest BCUT2D eigenvalue weighted by molar-refractivity contribution is 9.10.